The molecule has 1 fully saturated rings. The zero-order valence-electron chi connectivity index (χ0n) is 11.1. The van der Waals surface area contributed by atoms with Crippen molar-refractivity contribution in [3.63, 3.8) is 0 Å². The van der Waals surface area contributed by atoms with Gasteiger partial charge in [0.1, 0.15) is 5.75 Å². The van der Waals surface area contributed by atoms with Crippen molar-refractivity contribution in [3.8, 4) is 5.75 Å². The summed E-state index contributed by atoms with van der Waals surface area (Å²) in [5.41, 5.74) is 1.07. The molecule has 0 spiro atoms. The van der Waals surface area contributed by atoms with Crippen molar-refractivity contribution < 1.29 is 9.84 Å². The number of ether oxygens (including phenoxy) is 1. The van der Waals surface area contributed by atoms with Gasteiger partial charge in [0.25, 0.3) is 0 Å². The Kier molecular flexibility index (Phi) is 3.30. The van der Waals surface area contributed by atoms with Gasteiger partial charge in [-0.3, -0.25) is 0 Å². The van der Waals surface area contributed by atoms with E-state index in [1.807, 2.05) is 24.3 Å². The maximum Gasteiger partial charge on any atom is 0.123 e. The molecule has 2 aromatic rings. The van der Waals surface area contributed by atoms with Crippen LogP contribution in [0.5, 0.6) is 5.75 Å². The number of fused-ring (bicyclic) bond motifs is 1. The largest absolute Gasteiger partial charge is 0.507 e. The minimum Gasteiger partial charge on any atom is -0.507 e. The van der Waals surface area contributed by atoms with E-state index in [0.29, 0.717) is 17.7 Å². The number of benzene rings is 2. The molecule has 0 aliphatic heterocycles. The molecule has 0 saturated heterocycles. The highest BCUT2D eigenvalue weighted by Crippen LogP contribution is 2.36. The summed E-state index contributed by atoms with van der Waals surface area (Å²) in [7, 11) is 1.74. The minimum absolute atomic E-state index is 0.330. The molecule has 0 amide bonds. The van der Waals surface area contributed by atoms with Gasteiger partial charge in [0.15, 0.2) is 0 Å². The second-order valence-electron chi connectivity index (χ2n) is 5.22. The molecule has 100 valence electrons. The first-order valence-corrected chi connectivity index (χ1v) is 6.76. The Bertz CT molecular complexity index is 578. The summed E-state index contributed by atoms with van der Waals surface area (Å²) in [5, 5.41) is 15.4. The summed E-state index contributed by atoms with van der Waals surface area (Å²) in [6.07, 6.45) is 2.55. The number of rotatable bonds is 5. The Morgan fingerprint density at radius 2 is 1.95 bits per heavy atom. The molecule has 1 aliphatic carbocycles. The van der Waals surface area contributed by atoms with E-state index < -0.39 is 0 Å². The van der Waals surface area contributed by atoms with E-state index in [1.165, 1.54) is 12.8 Å². The number of methoxy groups -OCH3 is 1. The number of hydrogen-bond acceptors (Lipinski definition) is 3. The highest BCUT2D eigenvalue weighted by atomic mass is 16.5. The molecule has 0 bridgehead atoms. The average molecular weight is 257 g/mol. The van der Waals surface area contributed by atoms with Crippen LogP contribution in [0.1, 0.15) is 12.8 Å². The topological polar surface area (TPSA) is 41.5 Å². The zero-order valence-corrected chi connectivity index (χ0v) is 11.1. The molecule has 3 heteroatoms. The van der Waals surface area contributed by atoms with E-state index >= 15 is 0 Å². The molecule has 19 heavy (non-hydrogen) atoms. The van der Waals surface area contributed by atoms with E-state index in [2.05, 4.69) is 11.4 Å². The summed E-state index contributed by atoms with van der Waals surface area (Å²) in [6, 6.07) is 12.0. The van der Waals surface area contributed by atoms with Crippen molar-refractivity contribution in [3.05, 3.63) is 36.4 Å². The molecule has 1 aliphatic rings. The SMILES string of the molecule is COCC(Nc1cccc2c(O)cccc12)C1CC1. The van der Waals surface area contributed by atoms with Crippen LogP contribution in [0.2, 0.25) is 0 Å². The fourth-order valence-corrected chi connectivity index (χ4v) is 2.59. The normalized spacial score (nSPS) is 16.5. The van der Waals surface area contributed by atoms with E-state index in [0.717, 1.165) is 23.1 Å². The predicted molar refractivity (Wildman–Crippen MR) is 77.6 cm³/mol. The zero-order chi connectivity index (χ0) is 13.2. The molecule has 2 aromatic carbocycles. The Morgan fingerprint density at radius 1 is 1.21 bits per heavy atom. The van der Waals surface area contributed by atoms with Crippen LogP contribution in [0.15, 0.2) is 36.4 Å². The number of aromatic hydroxyl groups is 1. The molecule has 1 unspecified atom stereocenters. The maximum atomic E-state index is 9.90. The summed E-state index contributed by atoms with van der Waals surface area (Å²) in [6.45, 7) is 0.722. The molecule has 3 nitrogen and oxygen atoms in total. The lowest BCUT2D eigenvalue weighted by atomic mass is 10.1. The van der Waals surface area contributed by atoms with Gasteiger partial charge in [0.05, 0.1) is 12.6 Å². The lowest BCUT2D eigenvalue weighted by molar-refractivity contribution is 0.179. The number of nitrogens with one attached hydrogen (secondary N) is 1. The van der Waals surface area contributed by atoms with Crippen molar-refractivity contribution in [1.82, 2.24) is 0 Å². The van der Waals surface area contributed by atoms with Crippen LogP contribution < -0.4 is 5.32 Å². The highest BCUT2D eigenvalue weighted by molar-refractivity contribution is 5.97. The Hall–Kier alpha value is -1.74. The third kappa shape index (κ3) is 2.51. The van der Waals surface area contributed by atoms with Gasteiger partial charge in [-0.25, -0.2) is 0 Å². The van der Waals surface area contributed by atoms with Gasteiger partial charge in [0, 0.05) is 23.6 Å². The number of phenolic OH excluding ortho intramolecular Hbond substituents is 1. The monoisotopic (exact) mass is 257 g/mol. The molecule has 2 N–H and O–H groups in total. The van der Waals surface area contributed by atoms with Crippen LogP contribution in [0.4, 0.5) is 5.69 Å². The first-order valence-electron chi connectivity index (χ1n) is 6.76. The van der Waals surface area contributed by atoms with Crippen molar-refractivity contribution in [2.75, 3.05) is 19.0 Å². The summed E-state index contributed by atoms with van der Waals surface area (Å²) in [4.78, 5) is 0. The number of hydrogen-bond donors (Lipinski definition) is 2. The van der Waals surface area contributed by atoms with Crippen molar-refractivity contribution in [2.45, 2.75) is 18.9 Å². The van der Waals surface area contributed by atoms with Crippen molar-refractivity contribution in [1.29, 1.82) is 0 Å². The first-order chi connectivity index (χ1) is 9.29. The summed E-state index contributed by atoms with van der Waals surface area (Å²) >= 11 is 0. The quantitative estimate of drug-likeness (QED) is 0.862. The average Bonchev–Trinajstić information content (AvgIpc) is 3.24. The van der Waals surface area contributed by atoms with Crippen LogP contribution in [0.25, 0.3) is 10.8 Å². The van der Waals surface area contributed by atoms with Crippen LogP contribution in [0.3, 0.4) is 0 Å². The van der Waals surface area contributed by atoms with E-state index in [4.69, 9.17) is 4.74 Å². The molecule has 0 aromatic heterocycles. The summed E-state index contributed by atoms with van der Waals surface area (Å²) < 4.78 is 5.30. The standard InChI is InChI=1S/C16H19NO2/c1-19-10-15(11-8-9-11)17-14-6-2-5-13-12(14)4-3-7-16(13)18/h2-7,11,15,17-18H,8-10H2,1H3. The Morgan fingerprint density at radius 3 is 2.68 bits per heavy atom. The van der Waals surface area contributed by atoms with Gasteiger partial charge in [-0.1, -0.05) is 24.3 Å². The molecular weight excluding hydrogens is 238 g/mol. The number of phenols is 1. The Labute approximate surface area is 113 Å². The molecule has 1 atom stereocenters. The van der Waals surface area contributed by atoms with Gasteiger partial charge in [-0.2, -0.15) is 0 Å². The molecule has 0 radical (unpaired) electrons. The van der Waals surface area contributed by atoms with Crippen LogP contribution in [-0.2, 0) is 4.74 Å². The highest BCUT2D eigenvalue weighted by Gasteiger charge is 2.31. The number of anilines is 1. The first kappa shape index (κ1) is 12.3. The lowest BCUT2D eigenvalue weighted by Gasteiger charge is -2.20. The van der Waals surface area contributed by atoms with Crippen LogP contribution in [-0.4, -0.2) is 24.9 Å². The van der Waals surface area contributed by atoms with Crippen LogP contribution >= 0.6 is 0 Å². The van der Waals surface area contributed by atoms with E-state index in [1.54, 1.807) is 13.2 Å². The van der Waals surface area contributed by atoms with Crippen molar-refractivity contribution >= 4 is 16.5 Å². The fourth-order valence-electron chi connectivity index (χ4n) is 2.59. The van der Waals surface area contributed by atoms with Crippen LogP contribution in [0, 0.1) is 5.92 Å². The second kappa shape index (κ2) is 5.10. The third-order valence-electron chi connectivity index (χ3n) is 3.78. The van der Waals surface area contributed by atoms with Gasteiger partial charge in [0.2, 0.25) is 0 Å². The smallest absolute Gasteiger partial charge is 0.123 e. The van der Waals surface area contributed by atoms with Gasteiger partial charge in [-0.15, -0.1) is 0 Å². The van der Waals surface area contributed by atoms with Gasteiger partial charge < -0.3 is 15.2 Å². The minimum atomic E-state index is 0.330. The van der Waals surface area contributed by atoms with E-state index in [-0.39, 0.29) is 0 Å². The van der Waals surface area contributed by atoms with Gasteiger partial charge >= 0.3 is 0 Å². The predicted octanol–water partition coefficient (Wildman–Crippen LogP) is 3.38. The van der Waals surface area contributed by atoms with Crippen molar-refractivity contribution in [2.24, 2.45) is 5.92 Å². The summed E-state index contributed by atoms with van der Waals surface area (Å²) in [5.74, 6) is 1.04. The lowest BCUT2D eigenvalue weighted by Crippen LogP contribution is -2.27. The Balaban J connectivity index is 1.93. The fraction of sp³-hybridized carbons (Fsp3) is 0.375. The third-order valence-corrected chi connectivity index (χ3v) is 3.78. The maximum absolute atomic E-state index is 9.90. The van der Waals surface area contributed by atoms with Gasteiger partial charge in [-0.05, 0) is 30.9 Å². The molecular formula is C16H19NO2. The molecule has 1 saturated carbocycles. The second-order valence-corrected chi connectivity index (χ2v) is 5.22. The molecule has 3 rings (SSSR count). The van der Waals surface area contributed by atoms with E-state index in [9.17, 15) is 5.11 Å². The molecule has 0 heterocycles.